The fraction of sp³-hybridized carbons (Fsp3) is 0.500. The molecule has 14 heavy (non-hydrogen) atoms. The molecule has 0 bridgehead atoms. The van der Waals surface area contributed by atoms with Gasteiger partial charge in [0, 0.05) is 34.6 Å². The molecule has 1 fully saturated rings. The van der Waals surface area contributed by atoms with Gasteiger partial charge in [-0.2, -0.15) is 0 Å². The number of piperidine rings is 1. The third-order valence-corrected chi connectivity index (χ3v) is 2.00. The summed E-state index contributed by atoms with van der Waals surface area (Å²) in [6.45, 7) is -6.52. The lowest BCUT2D eigenvalue weighted by Gasteiger charge is -2.30. The fourth-order valence-corrected chi connectivity index (χ4v) is 1.23. The van der Waals surface area contributed by atoms with Crippen molar-refractivity contribution in [2.45, 2.75) is 18.8 Å². The zero-order valence-corrected chi connectivity index (χ0v) is 8.54. The van der Waals surface area contributed by atoms with E-state index in [1.807, 2.05) is 0 Å². The van der Waals surface area contributed by atoms with Crippen molar-refractivity contribution in [1.82, 2.24) is 4.98 Å². The first-order valence-corrected chi connectivity index (χ1v) is 4.56. The SMILES string of the molecule is [2H]C1([2H])N(c2cc(Br)ccn2)C([2H])([2H])C([2H])([2H])C([2H])(O)C1([2H])[2H]. The van der Waals surface area contributed by atoms with E-state index in [0.29, 0.717) is 4.47 Å². The molecule has 1 aliphatic heterocycles. The summed E-state index contributed by atoms with van der Waals surface area (Å²) in [5, 5.41) is 10.0. The second-order valence-corrected chi connectivity index (χ2v) is 3.41. The monoisotopic (exact) mass is 265 g/mol. The summed E-state index contributed by atoms with van der Waals surface area (Å²) in [5.41, 5.74) is 0. The highest BCUT2D eigenvalue weighted by atomic mass is 79.9. The molecule has 0 aromatic carbocycles. The smallest absolute Gasteiger partial charge is 0.129 e. The molecule has 0 unspecified atom stereocenters. The van der Waals surface area contributed by atoms with E-state index in [-0.39, 0.29) is 10.7 Å². The Hall–Kier alpha value is -0.610. The van der Waals surface area contributed by atoms with Crippen molar-refractivity contribution < 1.29 is 17.4 Å². The van der Waals surface area contributed by atoms with Crippen molar-refractivity contribution in [3.63, 3.8) is 0 Å². The van der Waals surface area contributed by atoms with Gasteiger partial charge in [-0.3, -0.25) is 0 Å². The number of pyridine rings is 1. The number of aliphatic hydroxyl groups is 1. The normalized spacial score (nSPS) is 44.7. The van der Waals surface area contributed by atoms with Crippen LogP contribution in [0, 0.1) is 0 Å². The van der Waals surface area contributed by atoms with E-state index in [4.69, 9.17) is 12.3 Å². The first-order chi connectivity index (χ1) is 10.1. The molecule has 0 atom stereocenters. The molecule has 2 heterocycles. The van der Waals surface area contributed by atoms with Crippen molar-refractivity contribution >= 4 is 21.7 Å². The molecule has 0 aliphatic carbocycles. The average molecular weight is 266 g/mol. The number of rotatable bonds is 1. The third-order valence-electron chi connectivity index (χ3n) is 1.51. The van der Waals surface area contributed by atoms with Crippen LogP contribution in [0.3, 0.4) is 0 Å². The van der Waals surface area contributed by atoms with E-state index >= 15 is 0 Å². The first kappa shape index (κ1) is 3.76. The van der Waals surface area contributed by atoms with Gasteiger partial charge in [-0.05, 0) is 24.9 Å². The Balaban J connectivity index is 2.80. The van der Waals surface area contributed by atoms with Gasteiger partial charge in [-0.25, -0.2) is 4.98 Å². The number of aromatic nitrogens is 1. The Morgan fingerprint density at radius 1 is 1.64 bits per heavy atom. The van der Waals surface area contributed by atoms with Crippen LogP contribution in [0.4, 0.5) is 5.82 Å². The molecule has 0 saturated carbocycles. The van der Waals surface area contributed by atoms with E-state index in [0.717, 1.165) is 0 Å². The van der Waals surface area contributed by atoms with Crippen molar-refractivity contribution in [1.29, 1.82) is 0 Å². The van der Waals surface area contributed by atoms with Gasteiger partial charge < -0.3 is 10.0 Å². The number of halogens is 1. The molecular formula is C10H13BrN2O. The van der Waals surface area contributed by atoms with Crippen LogP contribution in [-0.4, -0.2) is 29.2 Å². The minimum absolute atomic E-state index is 0.188. The number of hydrogen-bond acceptors (Lipinski definition) is 3. The van der Waals surface area contributed by atoms with E-state index in [2.05, 4.69) is 20.9 Å². The molecule has 1 aromatic heterocycles. The molecule has 0 radical (unpaired) electrons. The Bertz CT molecular complexity index is 607. The van der Waals surface area contributed by atoms with Gasteiger partial charge in [0.15, 0.2) is 0 Å². The molecule has 1 N–H and O–H groups in total. The lowest BCUT2D eigenvalue weighted by Crippen LogP contribution is -2.36. The highest BCUT2D eigenvalue weighted by Gasteiger charge is 2.17. The van der Waals surface area contributed by atoms with Crippen LogP contribution in [0.5, 0.6) is 0 Å². The summed E-state index contributed by atoms with van der Waals surface area (Å²) in [5.74, 6) is -0.377. The van der Waals surface area contributed by atoms with Crippen LogP contribution in [0.1, 0.15) is 25.1 Å². The van der Waals surface area contributed by atoms with Crippen LogP contribution in [0.2, 0.25) is 0 Å². The standard InChI is InChI=1S/C10H13BrN2O/c11-8-1-4-12-10(7-8)13-5-2-9(14)3-6-13/h1,4,7,9,14H,2-3,5-6H2/i2D2,3D2,5D2,6D2,9D. The molecule has 0 amide bonds. The van der Waals surface area contributed by atoms with Crippen LogP contribution in [-0.2, 0) is 0 Å². The molecule has 0 spiro atoms. The maximum absolute atomic E-state index is 10.0. The summed E-state index contributed by atoms with van der Waals surface area (Å²) in [4.78, 5) is 3.96. The Morgan fingerprint density at radius 3 is 3.00 bits per heavy atom. The van der Waals surface area contributed by atoms with Gasteiger partial charge in [-0.1, -0.05) is 15.9 Å². The Labute approximate surface area is 105 Å². The molecule has 76 valence electrons. The lowest BCUT2D eigenvalue weighted by molar-refractivity contribution is 0.145. The zero-order chi connectivity index (χ0) is 18.1. The van der Waals surface area contributed by atoms with E-state index in [1.54, 1.807) is 0 Å². The molecule has 1 aromatic rings. The first-order valence-electron chi connectivity index (χ1n) is 8.26. The van der Waals surface area contributed by atoms with Crippen LogP contribution < -0.4 is 4.90 Å². The van der Waals surface area contributed by atoms with Crippen LogP contribution in [0.25, 0.3) is 0 Å². The van der Waals surface area contributed by atoms with Gasteiger partial charge in [0.1, 0.15) is 5.82 Å². The quantitative estimate of drug-likeness (QED) is 0.842. The number of anilines is 1. The van der Waals surface area contributed by atoms with E-state index in [1.165, 1.54) is 18.3 Å². The third kappa shape index (κ3) is 2.25. The number of nitrogens with zero attached hydrogens (tertiary/aromatic N) is 2. The molecule has 1 aliphatic rings. The van der Waals surface area contributed by atoms with Gasteiger partial charge in [0.05, 0.1) is 7.45 Å². The predicted octanol–water partition coefficient (Wildman–Crippen LogP) is 1.81. The number of hydrogen-bond donors (Lipinski definition) is 1. The van der Waals surface area contributed by atoms with Crippen molar-refractivity contribution in [3.8, 4) is 0 Å². The topological polar surface area (TPSA) is 36.4 Å². The molecule has 4 heteroatoms. The Morgan fingerprint density at radius 2 is 2.36 bits per heavy atom. The molecule has 2 rings (SSSR count). The lowest BCUT2D eigenvalue weighted by atomic mass is 10.1. The second-order valence-electron chi connectivity index (χ2n) is 2.49. The van der Waals surface area contributed by atoms with Gasteiger partial charge in [-0.15, -0.1) is 0 Å². The van der Waals surface area contributed by atoms with E-state index < -0.39 is 31.8 Å². The van der Waals surface area contributed by atoms with Crippen molar-refractivity contribution in [2.24, 2.45) is 0 Å². The van der Waals surface area contributed by atoms with Gasteiger partial charge >= 0.3 is 0 Å². The maximum atomic E-state index is 10.0. The summed E-state index contributed by atoms with van der Waals surface area (Å²) in [6, 6.07) is 2.67. The summed E-state index contributed by atoms with van der Waals surface area (Å²) in [7, 11) is 0. The highest BCUT2D eigenvalue weighted by molar-refractivity contribution is 9.10. The van der Waals surface area contributed by atoms with Gasteiger partial charge in [0.2, 0.25) is 0 Å². The predicted molar refractivity (Wildman–Crippen MR) is 59.4 cm³/mol. The van der Waals surface area contributed by atoms with Crippen molar-refractivity contribution in [3.05, 3.63) is 22.8 Å². The summed E-state index contributed by atoms with van der Waals surface area (Å²) in [6.07, 6.45) is -9.38. The fourth-order valence-electron chi connectivity index (χ4n) is 0.907. The molecule has 1 saturated heterocycles. The zero-order valence-electron chi connectivity index (χ0n) is 16.0. The molecular weight excluding hydrogens is 244 g/mol. The molecule has 3 nitrogen and oxygen atoms in total. The van der Waals surface area contributed by atoms with E-state index in [9.17, 15) is 5.11 Å². The van der Waals surface area contributed by atoms with Crippen LogP contribution in [0.15, 0.2) is 22.8 Å². The minimum Gasteiger partial charge on any atom is -0.393 e. The summed E-state index contributed by atoms with van der Waals surface area (Å²) < 4.78 is 70.9. The largest absolute Gasteiger partial charge is 0.393 e. The van der Waals surface area contributed by atoms with Crippen molar-refractivity contribution in [2.75, 3.05) is 17.9 Å². The van der Waals surface area contributed by atoms with Crippen LogP contribution >= 0.6 is 15.9 Å². The highest BCUT2D eigenvalue weighted by Crippen LogP contribution is 2.20. The van der Waals surface area contributed by atoms with Gasteiger partial charge in [0.25, 0.3) is 0 Å². The maximum Gasteiger partial charge on any atom is 0.129 e. The minimum atomic E-state index is -3.67. The second kappa shape index (κ2) is 4.28. The summed E-state index contributed by atoms with van der Waals surface area (Å²) >= 11 is 3.10. The Kier molecular flexibility index (Phi) is 1.15. The average Bonchev–Trinajstić information content (AvgIpc) is 2.36.